The molecule has 0 spiro atoms. The van der Waals surface area contributed by atoms with Crippen molar-refractivity contribution in [1.82, 2.24) is 0 Å². The summed E-state index contributed by atoms with van der Waals surface area (Å²) >= 11 is 3.26. The van der Waals surface area contributed by atoms with Gasteiger partial charge in [-0.05, 0) is 43.4 Å². The molecular weight excluding hydrogens is 364 g/mol. The van der Waals surface area contributed by atoms with E-state index in [0.717, 1.165) is 25.7 Å². The van der Waals surface area contributed by atoms with E-state index < -0.39 is 9.05 Å². The van der Waals surface area contributed by atoms with Crippen molar-refractivity contribution in [3.05, 3.63) is 22.7 Å². The lowest BCUT2D eigenvalue weighted by Crippen LogP contribution is -2.25. The second-order valence-electron chi connectivity index (χ2n) is 5.21. The van der Waals surface area contributed by atoms with Crippen LogP contribution in [-0.4, -0.2) is 14.5 Å². The molecular formula is C14H18BrClO3S. The summed E-state index contributed by atoms with van der Waals surface area (Å²) in [5.41, 5.74) is 0. The molecule has 0 heterocycles. The molecule has 0 N–H and O–H groups in total. The Bertz CT molecular complexity index is 574. The molecule has 2 rings (SSSR count). The molecule has 0 amide bonds. The fourth-order valence-corrected chi connectivity index (χ4v) is 4.17. The van der Waals surface area contributed by atoms with E-state index in [9.17, 15) is 8.42 Å². The Morgan fingerprint density at radius 3 is 2.80 bits per heavy atom. The summed E-state index contributed by atoms with van der Waals surface area (Å²) in [5, 5.41) is 0. The highest BCUT2D eigenvalue weighted by Crippen LogP contribution is 2.34. The van der Waals surface area contributed by atoms with Gasteiger partial charge >= 0.3 is 0 Å². The Labute approximate surface area is 133 Å². The Kier molecular flexibility index (Phi) is 5.37. The normalized spacial score (nSPS) is 23.6. The van der Waals surface area contributed by atoms with Gasteiger partial charge in [-0.2, -0.15) is 0 Å². The molecule has 2 unspecified atom stereocenters. The van der Waals surface area contributed by atoms with Crippen LogP contribution in [0.3, 0.4) is 0 Å². The first-order valence-corrected chi connectivity index (χ1v) is 9.91. The third-order valence-corrected chi connectivity index (χ3v) is 5.61. The summed E-state index contributed by atoms with van der Waals surface area (Å²) in [6.45, 7) is 2.18. The van der Waals surface area contributed by atoms with Gasteiger partial charge in [-0.1, -0.05) is 35.7 Å². The molecule has 2 atom stereocenters. The van der Waals surface area contributed by atoms with Gasteiger partial charge in [0.15, 0.2) is 0 Å². The van der Waals surface area contributed by atoms with Crippen LogP contribution in [0.25, 0.3) is 0 Å². The minimum atomic E-state index is -3.81. The lowest BCUT2D eigenvalue weighted by atomic mass is 9.85. The van der Waals surface area contributed by atoms with Crippen molar-refractivity contribution in [3.8, 4) is 5.75 Å². The van der Waals surface area contributed by atoms with Crippen LogP contribution in [0.2, 0.25) is 0 Å². The van der Waals surface area contributed by atoms with Crippen LogP contribution in [0.15, 0.2) is 27.6 Å². The summed E-state index contributed by atoms with van der Waals surface area (Å²) in [5.74, 6) is 1.02. The SMILES string of the molecule is CCC1CCCC(Oc2ccc(Br)cc2S(=O)(=O)Cl)C1. The van der Waals surface area contributed by atoms with Crippen molar-refractivity contribution < 1.29 is 13.2 Å². The number of hydrogen-bond acceptors (Lipinski definition) is 3. The van der Waals surface area contributed by atoms with E-state index in [1.165, 1.54) is 12.5 Å². The molecule has 1 aliphatic rings. The molecule has 1 aromatic rings. The standard InChI is InChI=1S/C14H18BrClO3S/c1-2-10-4-3-5-12(8-10)19-13-7-6-11(15)9-14(13)20(16,17)18/h6-7,9-10,12H,2-5,8H2,1H3. The number of ether oxygens (including phenoxy) is 1. The van der Waals surface area contributed by atoms with E-state index in [-0.39, 0.29) is 11.0 Å². The largest absolute Gasteiger partial charge is 0.489 e. The van der Waals surface area contributed by atoms with E-state index in [4.69, 9.17) is 15.4 Å². The van der Waals surface area contributed by atoms with Gasteiger partial charge in [-0.15, -0.1) is 0 Å². The highest BCUT2D eigenvalue weighted by molar-refractivity contribution is 9.10. The number of halogens is 2. The molecule has 0 radical (unpaired) electrons. The van der Waals surface area contributed by atoms with Gasteiger partial charge in [0.1, 0.15) is 10.6 Å². The lowest BCUT2D eigenvalue weighted by Gasteiger charge is -2.29. The van der Waals surface area contributed by atoms with Gasteiger partial charge in [0, 0.05) is 15.2 Å². The van der Waals surface area contributed by atoms with Crippen LogP contribution in [0.1, 0.15) is 39.0 Å². The first-order valence-electron chi connectivity index (χ1n) is 6.81. The first kappa shape index (κ1) is 16.1. The zero-order valence-corrected chi connectivity index (χ0v) is 14.5. The average Bonchev–Trinajstić information content (AvgIpc) is 2.40. The van der Waals surface area contributed by atoms with E-state index >= 15 is 0 Å². The molecule has 0 aromatic heterocycles. The maximum Gasteiger partial charge on any atom is 0.265 e. The zero-order chi connectivity index (χ0) is 14.8. The maximum atomic E-state index is 11.6. The monoisotopic (exact) mass is 380 g/mol. The van der Waals surface area contributed by atoms with Crippen LogP contribution >= 0.6 is 26.6 Å². The van der Waals surface area contributed by atoms with Gasteiger partial charge < -0.3 is 4.74 Å². The molecule has 1 aliphatic carbocycles. The van der Waals surface area contributed by atoms with Crippen LogP contribution in [0.5, 0.6) is 5.75 Å². The van der Waals surface area contributed by atoms with Crippen LogP contribution in [0, 0.1) is 5.92 Å². The van der Waals surface area contributed by atoms with Crippen LogP contribution in [0.4, 0.5) is 0 Å². The molecule has 0 saturated heterocycles. The minimum Gasteiger partial charge on any atom is -0.489 e. The minimum absolute atomic E-state index is 0.0344. The Morgan fingerprint density at radius 2 is 2.15 bits per heavy atom. The Hall–Kier alpha value is -0.260. The highest BCUT2D eigenvalue weighted by atomic mass is 79.9. The molecule has 112 valence electrons. The van der Waals surface area contributed by atoms with Crippen molar-refractivity contribution in [2.45, 2.75) is 50.0 Å². The van der Waals surface area contributed by atoms with E-state index in [0.29, 0.717) is 16.1 Å². The van der Waals surface area contributed by atoms with Crippen molar-refractivity contribution >= 4 is 35.7 Å². The average molecular weight is 382 g/mol. The second-order valence-corrected chi connectivity index (χ2v) is 8.66. The zero-order valence-electron chi connectivity index (χ0n) is 11.3. The predicted octanol–water partition coefficient (Wildman–Crippen LogP) is 4.72. The Balaban J connectivity index is 2.21. The predicted molar refractivity (Wildman–Crippen MR) is 83.8 cm³/mol. The molecule has 0 bridgehead atoms. The van der Waals surface area contributed by atoms with Gasteiger partial charge in [-0.25, -0.2) is 8.42 Å². The lowest BCUT2D eigenvalue weighted by molar-refractivity contribution is 0.119. The Morgan fingerprint density at radius 1 is 1.40 bits per heavy atom. The van der Waals surface area contributed by atoms with E-state index in [1.807, 2.05) is 0 Å². The summed E-state index contributed by atoms with van der Waals surface area (Å²) in [6.07, 6.45) is 5.52. The fourth-order valence-electron chi connectivity index (χ4n) is 2.67. The topological polar surface area (TPSA) is 43.4 Å². The van der Waals surface area contributed by atoms with Crippen LogP contribution in [-0.2, 0) is 9.05 Å². The smallest absolute Gasteiger partial charge is 0.265 e. The van der Waals surface area contributed by atoms with Gasteiger partial charge in [0.25, 0.3) is 9.05 Å². The third kappa shape index (κ3) is 4.12. The van der Waals surface area contributed by atoms with E-state index in [2.05, 4.69) is 22.9 Å². The molecule has 6 heteroatoms. The summed E-state index contributed by atoms with van der Waals surface area (Å²) in [4.78, 5) is 0.0344. The maximum absolute atomic E-state index is 11.6. The number of rotatable bonds is 4. The quantitative estimate of drug-likeness (QED) is 0.708. The van der Waals surface area contributed by atoms with E-state index in [1.54, 1.807) is 12.1 Å². The fraction of sp³-hybridized carbons (Fsp3) is 0.571. The summed E-state index contributed by atoms with van der Waals surface area (Å²) in [6, 6.07) is 4.91. The van der Waals surface area contributed by atoms with Crippen molar-refractivity contribution in [3.63, 3.8) is 0 Å². The number of benzene rings is 1. The molecule has 3 nitrogen and oxygen atoms in total. The summed E-state index contributed by atoms with van der Waals surface area (Å²) < 4.78 is 29.8. The highest BCUT2D eigenvalue weighted by Gasteiger charge is 2.25. The third-order valence-electron chi connectivity index (χ3n) is 3.77. The van der Waals surface area contributed by atoms with Crippen molar-refractivity contribution in [2.75, 3.05) is 0 Å². The van der Waals surface area contributed by atoms with Crippen molar-refractivity contribution in [1.29, 1.82) is 0 Å². The molecule has 1 saturated carbocycles. The number of hydrogen-bond donors (Lipinski definition) is 0. The molecule has 1 fully saturated rings. The molecule has 20 heavy (non-hydrogen) atoms. The van der Waals surface area contributed by atoms with Crippen LogP contribution < -0.4 is 4.74 Å². The second kappa shape index (κ2) is 6.67. The van der Waals surface area contributed by atoms with Gasteiger partial charge in [-0.3, -0.25) is 0 Å². The van der Waals surface area contributed by atoms with Gasteiger partial charge in [0.05, 0.1) is 6.10 Å². The van der Waals surface area contributed by atoms with Gasteiger partial charge in [0.2, 0.25) is 0 Å². The molecule has 0 aliphatic heterocycles. The van der Waals surface area contributed by atoms with Crippen molar-refractivity contribution in [2.24, 2.45) is 5.92 Å². The molecule has 1 aromatic carbocycles. The summed E-state index contributed by atoms with van der Waals surface area (Å²) in [7, 11) is 1.67. The first-order chi connectivity index (χ1) is 9.40.